The van der Waals surface area contributed by atoms with Crippen LogP contribution in [0.25, 0.3) is 5.70 Å². The van der Waals surface area contributed by atoms with Gasteiger partial charge in [0.15, 0.2) is 0 Å². The molecule has 0 unspecified atom stereocenters. The van der Waals surface area contributed by atoms with Gasteiger partial charge in [0.25, 0.3) is 0 Å². The fourth-order valence-corrected chi connectivity index (χ4v) is 1.33. The van der Waals surface area contributed by atoms with Crippen LogP contribution in [0.2, 0.25) is 0 Å². The summed E-state index contributed by atoms with van der Waals surface area (Å²) in [5, 5.41) is 4.43. The summed E-state index contributed by atoms with van der Waals surface area (Å²) in [5.74, 6) is 0. The number of hydrogen-bond donors (Lipinski definition) is 1. The summed E-state index contributed by atoms with van der Waals surface area (Å²) < 4.78 is 1.82. The van der Waals surface area contributed by atoms with Gasteiger partial charge in [0, 0.05) is 12.4 Å². The maximum atomic E-state index is 5.19. The van der Waals surface area contributed by atoms with Gasteiger partial charge in [-0.1, -0.05) is 12.7 Å². The SMILES string of the molecule is C=C/C(C)=C(/C=C\N=CN)n1cc(C)c(C)n1. The van der Waals surface area contributed by atoms with Crippen LogP contribution in [0.15, 0.2) is 41.7 Å². The first-order valence-corrected chi connectivity index (χ1v) is 5.36. The molecule has 0 saturated heterocycles. The summed E-state index contributed by atoms with van der Waals surface area (Å²) in [6, 6.07) is 0. The second-order valence-electron chi connectivity index (χ2n) is 3.73. The van der Waals surface area contributed by atoms with Crippen molar-refractivity contribution >= 4 is 12.0 Å². The highest BCUT2D eigenvalue weighted by Crippen LogP contribution is 2.15. The summed E-state index contributed by atoms with van der Waals surface area (Å²) in [6.07, 6.45) is 8.50. The minimum atomic E-state index is 0.932. The van der Waals surface area contributed by atoms with Crippen molar-refractivity contribution in [3.8, 4) is 0 Å². The number of aryl methyl sites for hydroxylation is 2. The highest BCUT2D eigenvalue weighted by atomic mass is 15.3. The molecule has 1 aromatic rings. The minimum absolute atomic E-state index is 0.932. The third-order valence-electron chi connectivity index (χ3n) is 2.51. The summed E-state index contributed by atoms with van der Waals surface area (Å²) in [7, 11) is 0. The zero-order valence-corrected chi connectivity index (χ0v) is 10.5. The number of aromatic nitrogens is 2. The third-order valence-corrected chi connectivity index (χ3v) is 2.51. The van der Waals surface area contributed by atoms with E-state index in [-0.39, 0.29) is 0 Å². The van der Waals surface area contributed by atoms with Gasteiger partial charge in [0.1, 0.15) is 0 Å². The molecule has 0 aliphatic heterocycles. The lowest BCUT2D eigenvalue weighted by atomic mass is 10.2. The van der Waals surface area contributed by atoms with Crippen molar-refractivity contribution in [2.45, 2.75) is 20.8 Å². The highest BCUT2D eigenvalue weighted by molar-refractivity contribution is 5.63. The number of allylic oxidation sites excluding steroid dienone is 4. The Morgan fingerprint density at radius 2 is 2.24 bits per heavy atom. The molecule has 0 aliphatic carbocycles. The van der Waals surface area contributed by atoms with Crippen molar-refractivity contribution < 1.29 is 0 Å². The Kier molecular flexibility index (Phi) is 4.46. The molecule has 0 fully saturated rings. The van der Waals surface area contributed by atoms with Crippen LogP contribution in [0, 0.1) is 13.8 Å². The van der Waals surface area contributed by atoms with Crippen LogP contribution in [-0.4, -0.2) is 16.1 Å². The van der Waals surface area contributed by atoms with E-state index in [9.17, 15) is 0 Å². The van der Waals surface area contributed by atoms with Crippen LogP contribution in [0.5, 0.6) is 0 Å². The van der Waals surface area contributed by atoms with Crippen molar-refractivity contribution in [3.63, 3.8) is 0 Å². The zero-order chi connectivity index (χ0) is 12.8. The first-order valence-electron chi connectivity index (χ1n) is 5.36. The van der Waals surface area contributed by atoms with Crippen molar-refractivity contribution in [1.29, 1.82) is 0 Å². The molecule has 2 N–H and O–H groups in total. The zero-order valence-electron chi connectivity index (χ0n) is 10.5. The van der Waals surface area contributed by atoms with E-state index in [4.69, 9.17) is 5.73 Å². The smallest absolute Gasteiger partial charge is 0.0852 e. The first kappa shape index (κ1) is 13.0. The Labute approximate surface area is 102 Å². The van der Waals surface area contributed by atoms with E-state index in [1.807, 2.05) is 37.7 Å². The molecule has 0 aromatic carbocycles. The van der Waals surface area contributed by atoms with Gasteiger partial charge in [-0.3, -0.25) is 0 Å². The van der Waals surface area contributed by atoms with Crippen molar-refractivity contribution in [3.05, 3.63) is 48.0 Å². The van der Waals surface area contributed by atoms with Gasteiger partial charge in [-0.25, -0.2) is 9.67 Å². The highest BCUT2D eigenvalue weighted by Gasteiger charge is 2.04. The molecule has 0 radical (unpaired) electrons. The lowest BCUT2D eigenvalue weighted by Crippen LogP contribution is -1.98. The van der Waals surface area contributed by atoms with E-state index in [2.05, 4.69) is 16.7 Å². The molecule has 1 heterocycles. The summed E-state index contributed by atoms with van der Waals surface area (Å²) in [4.78, 5) is 3.85. The van der Waals surface area contributed by atoms with Crippen LogP contribution < -0.4 is 5.73 Å². The van der Waals surface area contributed by atoms with E-state index in [0.717, 1.165) is 22.5 Å². The standard InChI is InChI=1S/C13H18N4/c1-5-10(2)13(6-7-15-9-14)17-8-11(3)12(4)16-17/h5-9H,1H2,2-4H3,(H2,14,15)/b7-6-,13-10-. The van der Waals surface area contributed by atoms with Gasteiger partial charge in [0.2, 0.25) is 0 Å². The molecule has 0 aliphatic rings. The predicted octanol–water partition coefficient (Wildman–Crippen LogP) is 2.42. The van der Waals surface area contributed by atoms with Gasteiger partial charge in [0.05, 0.1) is 17.7 Å². The number of nitrogens with two attached hydrogens (primary N) is 1. The first-order chi connectivity index (χ1) is 8.10. The summed E-state index contributed by atoms with van der Waals surface area (Å²) >= 11 is 0. The molecule has 0 saturated carbocycles. The van der Waals surface area contributed by atoms with Crippen LogP contribution in [0.3, 0.4) is 0 Å². The number of rotatable bonds is 4. The summed E-state index contributed by atoms with van der Waals surface area (Å²) in [5.41, 5.74) is 9.30. The molecule has 4 heteroatoms. The van der Waals surface area contributed by atoms with E-state index in [0.29, 0.717) is 0 Å². The van der Waals surface area contributed by atoms with E-state index in [1.165, 1.54) is 6.34 Å². The van der Waals surface area contributed by atoms with Gasteiger partial charge in [-0.2, -0.15) is 5.10 Å². The van der Waals surface area contributed by atoms with E-state index >= 15 is 0 Å². The third kappa shape index (κ3) is 3.17. The Hall–Kier alpha value is -2.10. The average molecular weight is 230 g/mol. The molecule has 0 bridgehead atoms. The van der Waals surface area contributed by atoms with Crippen molar-refractivity contribution in [2.75, 3.05) is 0 Å². The van der Waals surface area contributed by atoms with Gasteiger partial charge in [-0.15, -0.1) is 0 Å². The second-order valence-corrected chi connectivity index (χ2v) is 3.73. The number of aliphatic imine (C=N–C) groups is 1. The number of hydrogen-bond acceptors (Lipinski definition) is 2. The molecule has 1 rings (SSSR count). The average Bonchev–Trinajstić information content (AvgIpc) is 2.64. The Bertz CT molecular complexity index is 470. The lowest BCUT2D eigenvalue weighted by molar-refractivity contribution is 0.884. The van der Waals surface area contributed by atoms with E-state index in [1.54, 1.807) is 12.3 Å². The molecule has 17 heavy (non-hydrogen) atoms. The largest absolute Gasteiger partial charge is 0.390 e. The molecule has 90 valence electrons. The van der Waals surface area contributed by atoms with Gasteiger partial charge < -0.3 is 5.73 Å². The fourth-order valence-electron chi connectivity index (χ4n) is 1.33. The molecular formula is C13H18N4. The van der Waals surface area contributed by atoms with Crippen molar-refractivity contribution in [2.24, 2.45) is 10.7 Å². The van der Waals surface area contributed by atoms with Crippen LogP contribution in [0.1, 0.15) is 18.2 Å². The maximum absolute atomic E-state index is 5.19. The van der Waals surface area contributed by atoms with Gasteiger partial charge >= 0.3 is 0 Å². The van der Waals surface area contributed by atoms with Crippen LogP contribution >= 0.6 is 0 Å². The quantitative estimate of drug-likeness (QED) is 0.490. The van der Waals surface area contributed by atoms with E-state index < -0.39 is 0 Å². The fraction of sp³-hybridized carbons (Fsp3) is 0.231. The van der Waals surface area contributed by atoms with Gasteiger partial charge in [-0.05, 0) is 38.0 Å². The Morgan fingerprint density at radius 3 is 2.71 bits per heavy atom. The maximum Gasteiger partial charge on any atom is 0.0852 e. The lowest BCUT2D eigenvalue weighted by Gasteiger charge is -2.04. The molecule has 1 aromatic heterocycles. The van der Waals surface area contributed by atoms with Crippen LogP contribution in [0.4, 0.5) is 0 Å². The Balaban J connectivity index is 3.21. The topological polar surface area (TPSA) is 56.2 Å². The molecule has 0 amide bonds. The molecule has 0 spiro atoms. The Morgan fingerprint density at radius 1 is 1.53 bits per heavy atom. The van der Waals surface area contributed by atoms with Crippen LogP contribution in [-0.2, 0) is 0 Å². The summed E-state index contributed by atoms with van der Waals surface area (Å²) in [6.45, 7) is 9.76. The number of nitrogens with zero attached hydrogens (tertiary/aromatic N) is 3. The van der Waals surface area contributed by atoms with Crippen molar-refractivity contribution in [1.82, 2.24) is 9.78 Å². The monoisotopic (exact) mass is 230 g/mol. The second kappa shape index (κ2) is 5.84. The normalized spacial score (nSPS) is 13.4. The molecular weight excluding hydrogens is 212 g/mol. The molecule has 0 atom stereocenters. The minimum Gasteiger partial charge on any atom is -0.390 e. The predicted molar refractivity (Wildman–Crippen MR) is 72.6 cm³/mol. The molecule has 4 nitrogen and oxygen atoms in total.